The Kier molecular flexibility index (Phi) is 4.33. The first-order valence-electron chi connectivity index (χ1n) is 7.37. The van der Waals surface area contributed by atoms with Crippen molar-refractivity contribution >= 4 is 22.4 Å². The maximum absolute atomic E-state index is 12.2. The van der Waals surface area contributed by atoms with E-state index in [2.05, 4.69) is 32.7 Å². The fourth-order valence-corrected chi connectivity index (χ4v) is 3.24. The van der Waals surface area contributed by atoms with Crippen molar-refractivity contribution in [3.05, 3.63) is 34.9 Å². The summed E-state index contributed by atoms with van der Waals surface area (Å²) in [6.45, 7) is 7.29. The molecule has 0 bridgehead atoms. The van der Waals surface area contributed by atoms with Crippen molar-refractivity contribution in [2.75, 3.05) is 31.1 Å². The van der Waals surface area contributed by atoms with Gasteiger partial charge in [0.2, 0.25) is 5.89 Å². The number of urea groups is 1. The number of nitrogens with zero attached hydrogens (tertiary/aromatic N) is 3. The van der Waals surface area contributed by atoms with Gasteiger partial charge in [-0.2, -0.15) is 0 Å². The number of nitrogens with one attached hydrogen (secondary N) is 1. The van der Waals surface area contributed by atoms with Gasteiger partial charge in [-0.05, 0) is 31.4 Å². The minimum absolute atomic E-state index is 0.0562. The third-order valence-corrected chi connectivity index (χ3v) is 4.78. The van der Waals surface area contributed by atoms with Gasteiger partial charge in [0.15, 0.2) is 0 Å². The highest BCUT2D eigenvalue weighted by atomic mass is 32.1. The van der Waals surface area contributed by atoms with E-state index in [1.165, 1.54) is 5.00 Å². The van der Waals surface area contributed by atoms with E-state index in [0.717, 1.165) is 37.6 Å². The number of anilines is 1. The van der Waals surface area contributed by atoms with Crippen LogP contribution in [0.25, 0.3) is 0 Å². The zero-order valence-electron chi connectivity index (χ0n) is 12.8. The molecule has 0 spiro atoms. The summed E-state index contributed by atoms with van der Waals surface area (Å²) in [6, 6.07) is 4.12. The molecule has 1 N–H and O–H groups in total. The summed E-state index contributed by atoms with van der Waals surface area (Å²) in [5, 5.41) is 6.22. The van der Waals surface area contributed by atoms with E-state index in [-0.39, 0.29) is 6.03 Å². The summed E-state index contributed by atoms with van der Waals surface area (Å²) >= 11 is 1.74. The maximum Gasteiger partial charge on any atom is 0.317 e. The number of rotatable bonds is 3. The zero-order valence-corrected chi connectivity index (χ0v) is 13.7. The minimum atomic E-state index is -0.0562. The Bertz CT molecular complexity index is 611. The second-order valence-corrected chi connectivity index (χ2v) is 6.26. The van der Waals surface area contributed by atoms with E-state index >= 15 is 0 Å². The van der Waals surface area contributed by atoms with E-state index in [9.17, 15) is 4.79 Å². The van der Waals surface area contributed by atoms with Crippen LogP contribution in [0.1, 0.15) is 17.3 Å². The maximum atomic E-state index is 12.2. The number of carbonyl (C=O) groups is 1. The van der Waals surface area contributed by atoms with Gasteiger partial charge in [-0.1, -0.05) is 0 Å². The van der Waals surface area contributed by atoms with Crippen LogP contribution < -0.4 is 10.2 Å². The van der Waals surface area contributed by atoms with Crippen LogP contribution in [0.2, 0.25) is 0 Å². The zero-order chi connectivity index (χ0) is 15.5. The number of amides is 2. The number of thiophene rings is 1. The van der Waals surface area contributed by atoms with Crippen LogP contribution in [0.5, 0.6) is 0 Å². The highest BCUT2D eigenvalue weighted by Crippen LogP contribution is 2.22. The second-order valence-electron chi connectivity index (χ2n) is 5.33. The molecule has 1 fully saturated rings. The normalized spacial score (nSPS) is 15.2. The molecule has 0 aliphatic carbocycles. The average molecular weight is 320 g/mol. The van der Waals surface area contributed by atoms with Crippen molar-refractivity contribution in [3.8, 4) is 0 Å². The van der Waals surface area contributed by atoms with E-state index in [0.29, 0.717) is 12.4 Å². The molecule has 2 amide bonds. The predicted octanol–water partition coefficient (Wildman–Crippen LogP) is 2.38. The van der Waals surface area contributed by atoms with Gasteiger partial charge in [0.05, 0.1) is 17.2 Å². The van der Waals surface area contributed by atoms with Crippen molar-refractivity contribution in [1.82, 2.24) is 15.2 Å². The molecule has 0 aromatic carbocycles. The van der Waals surface area contributed by atoms with Crippen LogP contribution in [-0.2, 0) is 6.54 Å². The lowest BCUT2D eigenvalue weighted by Crippen LogP contribution is -2.51. The molecule has 2 aromatic rings. The molecule has 1 aliphatic heterocycles. The van der Waals surface area contributed by atoms with Crippen molar-refractivity contribution < 1.29 is 9.21 Å². The molecular weight excluding hydrogens is 300 g/mol. The number of carbonyl (C=O) groups excluding carboxylic acids is 1. The van der Waals surface area contributed by atoms with Crippen molar-refractivity contribution in [1.29, 1.82) is 0 Å². The Morgan fingerprint density at radius 1 is 1.36 bits per heavy atom. The number of oxazole rings is 1. The first-order chi connectivity index (χ1) is 10.6. The van der Waals surface area contributed by atoms with Gasteiger partial charge in [0.25, 0.3) is 0 Å². The molecule has 0 saturated carbocycles. The van der Waals surface area contributed by atoms with Crippen LogP contribution in [0.4, 0.5) is 9.80 Å². The Balaban J connectivity index is 1.47. The molecule has 6 nitrogen and oxygen atoms in total. The quantitative estimate of drug-likeness (QED) is 0.943. The molecule has 7 heteroatoms. The molecule has 0 unspecified atom stereocenters. The highest BCUT2D eigenvalue weighted by molar-refractivity contribution is 7.14. The van der Waals surface area contributed by atoms with Gasteiger partial charge in [-0.3, -0.25) is 0 Å². The molecule has 2 aromatic heterocycles. The summed E-state index contributed by atoms with van der Waals surface area (Å²) < 4.78 is 5.47. The number of aryl methyl sites for hydroxylation is 2. The van der Waals surface area contributed by atoms with Crippen molar-refractivity contribution in [3.63, 3.8) is 0 Å². The van der Waals surface area contributed by atoms with Crippen LogP contribution >= 0.6 is 11.3 Å². The largest absolute Gasteiger partial charge is 0.444 e. The number of hydrogen-bond donors (Lipinski definition) is 1. The van der Waals surface area contributed by atoms with Crippen LogP contribution in [0.3, 0.4) is 0 Å². The van der Waals surface area contributed by atoms with Crippen LogP contribution in [0.15, 0.2) is 21.9 Å². The molecule has 3 heterocycles. The molecule has 118 valence electrons. The van der Waals surface area contributed by atoms with Gasteiger partial charge < -0.3 is 19.5 Å². The average Bonchev–Trinajstić information content (AvgIpc) is 3.16. The summed E-state index contributed by atoms with van der Waals surface area (Å²) in [5.74, 6) is 1.36. The van der Waals surface area contributed by atoms with Crippen LogP contribution in [-0.4, -0.2) is 42.1 Å². The number of aromatic nitrogens is 1. The topological polar surface area (TPSA) is 61.6 Å². The van der Waals surface area contributed by atoms with Gasteiger partial charge in [-0.15, -0.1) is 11.3 Å². The molecular formula is C15H20N4O2S. The number of hydrogen-bond acceptors (Lipinski definition) is 5. The molecule has 3 rings (SSSR count). The Morgan fingerprint density at radius 2 is 2.14 bits per heavy atom. The molecule has 0 atom stereocenters. The Morgan fingerprint density at radius 3 is 2.73 bits per heavy atom. The van der Waals surface area contributed by atoms with E-state index in [4.69, 9.17) is 4.42 Å². The summed E-state index contributed by atoms with van der Waals surface area (Å²) in [4.78, 5) is 20.6. The standard InChI is InChI=1S/C15H20N4O2S/c1-11-12(2)21-13(17-11)10-16-15(20)19-7-5-18(6-8-19)14-4-3-9-22-14/h3-4,9H,5-8,10H2,1-2H3,(H,16,20). The molecule has 1 saturated heterocycles. The van der Waals surface area contributed by atoms with Crippen molar-refractivity contribution in [2.24, 2.45) is 0 Å². The van der Waals surface area contributed by atoms with E-state index in [1.54, 1.807) is 11.3 Å². The third kappa shape index (κ3) is 3.24. The first-order valence-corrected chi connectivity index (χ1v) is 8.25. The fourth-order valence-electron chi connectivity index (χ4n) is 2.46. The SMILES string of the molecule is Cc1nc(CNC(=O)N2CCN(c3cccs3)CC2)oc1C. The van der Waals surface area contributed by atoms with Gasteiger partial charge in [0.1, 0.15) is 5.76 Å². The number of piperazine rings is 1. The van der Waals surface area contributed by atoms with Gasteiger partial charge >= 0.3 is 6.03 Å². The van der Waals surface area contributed by atoms with Gasteiger partial charge in [-0.25, -0.2) is 9.78 Å². The third-order valence-electron chi connectivity index (χ3n) is 3.85. The highest BCUT2D eigenvalue weighted by Gasteiger charge is 2.21. The van der Waals surface area contributed by atoms with Crippen LogP contribution in [0, 0.1) is 13.8 Å². The van der Waals surface area contributed by atoms with E-state index in [1.807, 2.05) is 18.7 Å². The lowest BCUT2D eigenvalue weighted by atomic mass is 10.3. The minimum Gasteiger partial charge on any atom is -0.444 e. The first kappa shape index (κ1) is 14.9. The van der Waals surface area contributed by atoms with Crippen molar-refractivity contribution in [2.45, 2.75) is 20.4 Å². The lowest BCUT2D eigenvalue weighted by molar-refractivity contribution is 0.193. The Labute approximate surface area is 133 Å². The molecule has 0 radical (unpaired) electrons. The molecule has 22 heavy (non-hydrogen) atoms. The predicted molar refractivity (Wildman–Crippen MR) is 86.3 cm³/mol. The lowest BCUT2D eigenvalue weighted by Gasteiger charge is -2.35. The van der Waals surface area contributed by atoms with E-state index < -0.39 is 0 Å². The fraction of sp³-hybridized carbons (Fsp3) is 0.467. The monoisotopic (exact) mass is 320 g/mol. The molecule has 1 aliphatic rings. The summed E-state index contributed by atoms with van der Waals surface area (Å²) in [7, 11) is 0. The smallest absolute Gasteiger partial charge is 0.317 e. The van der Waals surface area contributed by atoms with Gasteiger partial charge in [0, 0.05) is 26.2 Å². The summed E-state index contributed by atoms with van der Waals surface area (Å²) in [5.41, 5.74) is 0.869. The summed E-state index contributed by atoms with van der Waals surface area (Å²) in [6.07, 6.45) is 0. The Hall–Kier alpha value is -2.02. The second kappa shape index (κ2) is 6.39.